The molecule has 0 atom stereocenters. The fourth-order valence-corrected chi connectivity index (χ4v) is 1.13. The number of pyridine rings is 1. The summed E-state index contributed by atoms with van der Waals surface area (Å²) in [6.45, 7) is 5.30. The predicted octanol–water partition coefficient (Wildman–Crippen LogP) is 1.33. The van der Waals surface area contributed by atoms with Crippen molar-refractivity contribution in [1.82, 2.24) is 10.3 Å². The quantitative estimate of drug-likeness (QED) is 0.695. The van der Waals surface area contributed by atoms with Crippen molar-refractivity contribution >= 4 is 0 Å². The Labute approximate surface area is 85.2 Å². The molecule has 3 nitrogen and oxygen atoms in total. The summed E-state index contributed by atoms with van der Waals surface area (Å²) in [5.41, 5.74) is 0.640. The number of aromatic nitrogens is 1. The molecular weight excluding hydrogens is 176 g/mol. The van der Waals surface area contributed by atoms with E-state index in [0.29, 0.717) is 0 Å². The van der Waals surface area contributed by atoms with Crippen LogP contribution in [0.2, 0.25) is 0 Å². The first-order valence-corrected chi connectivity index (χ1v) is 4.90. The molecule has 0 saturated carbocycles. The molecule has 1 aromatic heterocycles. The van der Waals surface area contributed by atoms with Gasteiger partial charge in [-0.3, -0.25) is 4.98 Å². The van der Waals surface area contributed by atoms with Gasteiger partial charge in [0.15, 0.2) is 0 Å². The molecule has 0 aliphatic rings. The zero-order valence-corrected chi connectivity index (χ0v) is 8.83. The van der Waals surface area contributed by atoms with Crippen molar-refractivity contribution in [3.05, 3.63) is 30.1 Å². The molecule has 1 aromatic rings. The van der Waals surface area contributed by atoms with Gasteiger partial charge in [0.1, 0.15) is 0 Å². The monoisotopic (exact) mass is 194 g/mol. The van der Waals surface area contributed by atoms with Gasteiger partial charge < -0.3 is 10.4 Å². The molecule has 1 rings (SSSR count). The third kappa shape index (κ3) is 4.94. The van der Waals surface area contributed by atoms with Crippen LogP contribution in [0.5, 0.6) is 0 Å². The first-order chi connectivity index (χ1) is 6.58. The van der Waals surface area contributed by atoms with Gasteiger partial charge in [-0.25, -0.2) is 0 Å². The van der Waals surface area contributed by atoms with E-state index in [2.05, 4.69) is 10.3 Å². The van der Waals surface area contributed by atoms with Crippen molar-refractivity contribution in [2.24, 2.45) is 0 Å². The minimum Gasteiger partial charge on any atom is -0.390 e. The summed E-state index contributed by atoms with van der Waals surface area (Å²) in [6.07, 6.45) is 4.33. The van der Waals surface area contributed by atoms with E-state index in [4.69, 9.17) is 0 Å². The van der Waals surface area contributed by atoms with E-state index in [1.807, 2.05) is 26.0 Å². The second-order valence-electron chi connectivity index (χ2n) is 4.09. The molecule has 0 bridgehead atoms. The van der Waals surface area contributed by atoms with Crippen LogP contribution in [0.25, 0.3) is 0 Å². The Balaban J connectivity index is 2.17. The number of hydrogen-bond acceptors (Lipinski definition) is 3. The number of nitrogens with zero attached hydrogens (tertiary/aromatic N) is 1. The molecular formula is C11H18N2O. The summed E-state index contributed by atoms with van der Waals surface area (Å²) in [6, 6.07) is 3.97. The van der Waals surface area contributed by atoms with Crippen molar-refractivity contribution < 1.29 is 5.11 Å². The Kier molecular flexibility index (Phi) is 4.04. The van der Waals surface area contributed by atoms with Gasteiger partial charge in [-0.2, -0.15) is 0 Å². The van der Waals surface area contributed by atoms with Gasteiger partial charge in [-0.15, -0.1) is 0 Å². The number of rotatable bonds is 5. The molecule has 0 fully saturated rings. The van der Waals surface area contributed by atoms with E-state index in [0.717, 1.165) is 19.5 Å². The average molecular weight is 194 g/mol. The maximum absolute atomic E-state index is 9.46. The maximum atomic E-state index is 9.46. The predicted molar refractivity (Wildman–Crippen MR) is 56.9 cm³/mol. The first kappa shape index (κ1) is 11.1. The van der Waals surface area contributed by atoms with Crippen molar-refractivity contribution in [2.75, 3.05) is 6.54 Å². The third-order valence-corrected chi connectivity index (χ3v) is 1.99. The molecule has 0 radical (unpaired) electrons. The van der Waals surface area contributed by atoms with Crippen LogP contribution < -0.4 is 5.32 Å². The Morgan fingerprint density at radius 2 is 2.00 bits per heavy atom. The van der Waals surface area contributed by atoms with Crippen LogP contribution in [-0.4, -0.2) is 22.2 Å². The van der Waals surface area contributed by atoms with Crippen LogP contribution in [-0.2, 0) is 6.54 Å². The maximum Gasteiger partial charge on any atom is 0.0603 e. The highest BCUT2D eigenvalue weighted by Crippen LogP contribution is 2.05. The fraction of sp³-hybridized carbons (Fsp3) is 0.545. The summed E-state index contributed by atoms with van der Waals surface area (Å²) in [7, 11) is 0. The average Bonchev–Trinajstić information content (AvgIpc) is 2.13. The highest BCUT2D eigenvalue weighted by molar-refractivity contribution is 5.08. The normalized spacial score (nSPS) is 11.6. The Hall–Kier alpha value is -0.930. The lowest BCUT2D eigenvalue weighted by Crippen LogP contribution is -2.26. The number of nitrogens with one attached hydrogen (secondary N) is 1. The molecule has 0 aromatic carbocycles. The molecule has 2 N–H and O–H groups in total. The van der Waals surface area contributed by atoms with Crippen LogP contribution in [0, 0.1) is 0 Å². The van der Waals surface area contributed by atoms with Gasteiger partial charge >= 0.3 is 0 Å². The van der Waals surface area contributed by atoms with Gasteiger partial charge in [0.2, 0.25) is 0 Å². The van der Waals surface area contributed by atoms with Gasteiger partial charge in [-0.1, -0.05) is 0 Å². The van der Waals surface area contributed by atoms with Crippen LogP contribution in [0.15, 0.2) is 24.5 Å². The molecule has 0 aliphatic heterocycles. The first-order valence-electron chi connectivity index (χ1n) is 4.90. The number of hydrogen-bond donors (Lipinski definition) is 2. The lowest BCUT2D eigenvalue weighted by Gasteiger charge is -2.16. The second kappa shape index (κ2) is 5.08. The standard InChI is InChI=1S/C11H18N2O/c1-11(2,14)5-8-13-9-10-3-6-12-7-4-10/h3-4,6-7,13-14H,5,8-9H2,1-2H3. The summed E-state index contributed by atoms with van der Waals surface area (Å²) in [4.78, 5) is 3.95. The van der Waals surface area contributed by atoms with Gasteiger partial charge in [0.25, 0.3) is 0 Å². The fourth-order valence-electron chi connectivity index (χ4n) is 1.13. The van der Waals surface area contributed by atoms with E-state index in [1.165, 1.54) is 5.56 Å². The molecule has 0 spiro atoms. The highest BCUT2D eigenvalue weighted by atomic mass is 16.3. The third-order valence-electron chi connectivity index (χ3n) is 1.99. The molecule has 0 unspecified atom stereocenters. The van der Waals surface area contributed by atoms with Crippen LogP contribution in [0.4, 0.5) is 0 Å². The van der Waals surface area contributed by atoms with E-state index < -0.39 is 5.60 Å². The Bertz CT molecular complexity index is 254. The summed E-state index contributed by atoms with van der Waals surface area (Å²) in [5, 5.41) is 12.7. The Morgan fingerprint density at radius 3 is 2.57 bits per heavy atom. The topological polar surface area (TPSA) is 45.1 Å². The summed E-state index contributed by atoms with van der Waals surface area (Å²) in [5.74, 6) is 0. The van der Waals surface area contributed by atoms with E-state index in [-0.39, 0.29) is 0 Å². The van der Waals surface area contributed by atoms with Crippen LogP contribution in [0.3, 0.4) is 0 Å². The van der Waals surface area contributed by atoms with Crippen LogP contribution >= 0.6 is 0 Å². The Morgan fingerprint density at radius 1 is 1.36 bits per heavy atom. The van der Waals surface area contributed by atoms with Gasteiger partial charge in [-0.05, 0) is 44.5 Å². The van der Waals surface area contributed by atoms with E-state index in [9.17, 15) is 5.11 Å². The zero-order chi connectivity index (χ0) is 10.4. The molecule has 0 aliphatic carbocycles. The van der Waals surface area contributed by atoms with Crippen molar-refractivity contribution in [3.8, 4) is 0 Å². The molecule has 3 heteroatoms. The summed E-state index contributed by atoms with van der Waals surface area (Å²) < 4.78 is 0. The minimum absolute atomic E-state index is 0.578. The highest BCUT2D eigenvalue weighted by Gasteiger charge is 2.10. The lowest BCUT2D eigenvalue weighted by molar-refractivity contribution is 0.0711. The molecule has 1 heterocycles. The SMILES string of the molecule is CC(C)(O)CCNCc1ccncc1. The van der Waals surface area contributed by atoms with Crippen molar-refractivity contribution in [2.45, 2.75) is 32.4 Å². The van der Waals surface area contributed by atoms with Crippen molar-refractivity contribution in [1.29, 1.82) is 0 Å². The lowest BCUT2D eigenvalue weighted by atomic mass is 10.1. The smallest absolute Gasteiger partial charge is 0.0603 e. The molecule has 78 valence electrons. The zero-order valence-electron chi connectivity index (χ0n) is 8.83. The molecule has 0 amide bonds. The van der Waals surface area contributed by atoms with E-state index >= 15 is 0 Å². The van der Waals surface area contributed by atoms with Gasteiger partial charge in [0.05, 0.1) is 5.60 Å². The summed E-state index contributed by atoms with van der Waals surface area (Å²) >= 11 is 0. The minimum atomic E-state index is -0.578. The van der Waals surface area contributed by atoms with E-state index in [1.54, 1.807) is 12.4 Å². The van der Waals surface area contributed by atoms with Crippen LogP contribution in [0.1, 0.15) is 25.8 Å². The number of aliphatic hydroxyl groups is 1. The van der Waals surface area contributed by atoms with Crippen molar-refractivity contribution in [3.63, 3.8) is 0 Å². The largest absolute Gasteiger partial charge is 0.390 e. The molecule has 14 heavy (non-hydrogen) atoms. The molecule has 0 saturated heterocycles. The van der Waals surface area contributed by atoms with Gasteiger partial charge in [0, 0.05) is 18.9 Å². The second-order valence-corrected chi connectivity index (χ2v) is 4.09.